The Morgan fingerprint density at radius 2 is 1.39 bits per heavy atom. The zero-order valence-electron chi connectivity index (χ0n) is 18.0. The third kappa shape index (κ3) is 4.72. The van der Waals surface area contributed by atoms with E-state index in [0.717, 1.165) is 24.0 Å². The molecule has 1 aliphatic heterocycles. The molecule has 7 nitrogen and oxygen atoms in total. The van der Waals surface area contributed by atoms with Crippen LogP contribution in [0.5, 0.6) is 0 Å². The first-order valence-electron chi connectivity index (χ1n) is 10.8. The number of carboxylic acid groups (broad SMARTS) is 1. The van der Waals surface area contributed by atoms with Crippen LogP contribution in [0.3, 0.4) is 0 Å². The van der Waals surface area contributed by atoms with Gasteiger partial charge < -0.3 is 21.1 Å². The van der Waals surface area contributed by atoms with E-state index in [1.54, 1.807) is 12.1 Å². The highest BCUT2D eigenvalue weighted by atomic mass is 16.4. The van der Waals surface area contributed by atoms with Gasteiger partial charge in [-0.1, -0.05) is 72.8 Å². The van der Waals surface area contributed by atoms with Crippen molar-refractivity contribution in [3.8, 4) is 0 Å². The molecule has 2 atom stereocenters. The molecule has 1 aliphatic rings. The zero-order chi connectivity index (χ0) is 23.4. The lowest BCUT2D eigenvalue weighted by Crippen LogP contribution is -2.34. The van der Waals surface area contributed by atoms with E-state index in [0.29, 0.717) is 5.56 Å². The lowest BCUT2D eigenvalue weighted by Gasteiger charge is -2.31. The van der Waals surface area contributed by atoms with Gasteiger partial charge in [-0.2, -0.15) is 0 Å². The van der Waals surface area contributed by atoms with Crippen molar-refractivity contribution >= 4 is 23.6 Å². The largest absolute Gasteiger partial charge is 0.478 e. The van der Waals surface area contributed by atoms with Crippen molar-refractivity contribution in [2.75, 3.05) is 5.32 Å². The average molecular weight is 444 g/mol. The molecule has 0 spiro atoms. The van der Waals surface area contributed by atoms with Crippen molar-refractivity contribution in [3.05, 3.63) is 101 Å². The lowest BCUT2D eigenvalue weighted by atomic mass is 10.0. The topological polar surface area (TPSA) is 113 Å². The normalized spacial score (nSPS) is 17.5. The van der Waals surface area contributed by atoms with Crippen molar-refractivity contribution in [2.45, 2.75) is 31.3 Å². The van der Waals surface area contributed by atoms with E-state index < -0.39 is 12.0 Å². The maximum absolute atomic E-state index is 13.7. The Bertz CT molecular complexity index is 1120. The molecule has 1 fully saturated rings. The lowest BCUT2D eigenvalue weighted by molar-refractivity contribution is -0.133. The minimum absolute atomic E-state index is 0.0533. The number of aromatic carboxylic acids is 1. The molecule has 0 bridgehead atoms. The number of likely N-dealkylation sites (tertiary alicyclic amines) is 1. The van der Waals surface area contributed by atoms with Crippen LogP contribution >= 0.6 is 0 Å². The molecule has 33 heavy (non-hydrogen) atoms. The predicted molar refractivity (Wildman–Crippen MR) is 125 cm³/mol. The average Bonchev–Trinajstić information content (AvgIpc) is 3.26. The van der Waals surface area contributed by atoms with Gasteiger partial charge in [0.25, 0.3) is 0 Å². The number of hydrogen-bond acceptors (Lipinski definition) is 3. The maximum Gasteiger partial charge on any atom is 0.337 e. The molecule has 4 N–H and O–H groups in total. The van der Waals surface area contributed by atoms with Crippen LogP contribution in [0.25, 0.3) is 0 Å². The number of amides is 3. The monoisotopic (exact) mass is 443 g/mol. The van der Waals surface area contributed by atoms with Gasteiger partial charge in [0.05, 0.1) is 29.8 Å². The minimum atomic E-state index is -1.21. The number of carbonyl (C=O) groups is 3. The number of nitrogens with zero attached hydrogens (tertiary/aromatic N) is 1. The smallest absolute Gasteiger partial charge is 0.337 e. The number of para-hydroxylation sites is 1. The van der Waals surface area contributed by atoms with E-state index in [4.69, 9.17) is 5.73 Å². The minimum Gasteiger partial charge on any atom is -0.478 e. The van der Waals surface area contributed by atoms with Gasteiger partial charge in [0.15, 0.2) is 0 Å². The summed E-state index contributed by atoms with van der Waals surface area (Å²) in [4.78, 5) is 38.8. The first-order valence-corrected chi connectivity index (χ1v) is 10.8. The number of nitrogens with two attached hydrogens (primary N) is 1. The van der Waals surface area contributed by atoms with Crippen LogP contribution in [-0.4, -0.2) is 27.9 Å². The first kappa shape index (κ1) is 22.1. The van der Waals surface area contributed by atoms with E-state index in [1.807, 2.05) is 65.6 Å². The van der Waals surface area contributed by atoms with Crippen molar-refractivity contribution in [1.29, 1.82) is 0 Å². The van der Waals surface area contributed by atoms with Crippen LogP contribution in [0.15, 0.2) is 78.9 Å². The number of benzene rings is 3. The molecule has 7 heteroatoms. The van der Waals surface area contributed by atoms with Gasteiger partial charge >= 0.3 is 12.0 Å². The van der Waals surface area contributed by atoms with Gasteiger partial charge in [-0.3, -0.25) is 4.79 Å². The number of anilines is 1. The van der Waals surface area contributed by atoms with Gasteiger partial charge in [0.2, 0.25) is 5.91 Å². The maximum atomic E-state index is 13.7. The van der Waals surface area contributed by atoms with Gasteiger partial charge in [-0.05, 0) is 35.6 Å². The van der Waals surface area contributed by atoms with Crippen LogP contribution in [-0.2, 0) is 11.2 Å². The number of rotatable bonds is 6. The van der Waals surface area contributed by atoms with Crippen LogP contribution in [0, 0.1) is 0 Å². The first-order chi connectivity index (χ1) is 16.0. The van der Waals surface area contributed by atoms with E-state index in [-0.39, 0.29) is 35.7 Å². The number of primary amides is 1. The Morgan fingerprint density at radius 3 is 1.88 bits per heavy atom. The second-order valence-electron chi connectivity index (χ2n) is 8.04. The Kier molecular flexibility index (Phi) is 6.40. The predicted octanol–water partition coefficient (Wildman–Crippen LogP) is 4.52. The van der Waals surface area contributed by atoms with Crippen molar-refractivity contribution in [2.24, 2.45) is 5.73 Å². The fraction of sp³-hybridized carbons (Fsp3) is 0.192. The summed E-state index contributed by atoms with van der Waals surface area (Å²) in [6, 6.07) is 23.3. The SMILES string of the molecule is NC(=O)Nc1c(CC(=O)N2C(c3ccccc3)CCC2c2ccccc2)cccc1C(=O)O. The van der Waals surface area contributed by atoms with Crippen LogP contribution in [0.4, 0.5) is 10.5 Å². The van der Waals surface area contributed by atoms with Gasteiger partial charge in [-0.15, -0.1) is 0 Å². The summed E-state index contributed by atoms with van der Waals surface area (Å²) in [5.74, 6) is -1.36. The number of carbonyl (C=O) groups excluding carboxylic acids is 2. The van der Waals surface area contributed by atoms with Gasteiger partial charge in [-0.25, -0.2) is 9.59 Å². The molecule has 1 saturated heterocycles. The molecule has 4 rings (SSSR count). The van der Waals surface area contributed by atoms with Crippen molar-refractivity contribution in [1.82, 2.24) is 4.90 Å². The quantitative estimate of drug-likeness (QED) is 0.520. The second-order valence-corrected chi connectivity index (χ2v) is 8.04. The summed E-state index contributed by atoms with van der Waals surface area (Å²) in [6.07, 6.45) is 1.57. The Balaban J connectivity index is 1.71. The summed E-state index contributed by atoms with van der Waals surface area (Å²) in [5.41, 5.74) is 7.73. The fourth-order valence-electron chi connectivity index (χ4n) is 4.61. The molecule has 3 aromatic rings. The van der Waals surface area contributed by atoms with E-state index in [2.05, 4.69) is 5.32 Å². The molecule has 3 aromatic carbocycles. The molecular weight excluding hydrogens is 418 g/mol. The Labute approximate surface area is 191 Å². The van der Waals surface area contributed by atoms with Crippen molar-refractivity contribution < 1.29 is 19.5 Å². The summed E-state index contributed by atoms with van der Waals surface area (Å²) in [5, 5.41) is 11.9. The number of carboxylic acids is 1. The van der Waals surface area contributed by atoms with E-state index in [1.165, 1.54) is 6.07 Å². The van der Waals surface area contributed by atoms with E-state index in [9.17, 15) is 19.5 Å². The van der Waals surface area contributed by atoms with E-state index >= 15 is 0 Å². The van der Waals surface area contributed by atoms with Gasteiger partial charge in [0, 0.05) is 0 Å². The number of urea groups is 1. The molecule has 3 amide bonds. The number of nitrogens with one attached hydrogen (secondary N) is 1. The highest BCUT2D eigenvalue weighted by Gasteiger charge is 2.38. The zero-order valence-corrected chi connectivity index (χ0v) is 18.0. The molecule has 0 saturated carbocycles. The second kappa shape index (κ2) is 9.56. The summed E-state index contributed by atoms with van der Waals surface area (Å²) >= 11 is 0. The standard InChI is InChI=1S/C26H25N3O4/c27-26(33)28-24-19(12-7-13-20(24)25(31)32)16-23(30)29-21(17-8-3-1-4-9-17)14-15-22(29)18-10-5-2-6-11-18/h1-13,21-22H,14-16H2,(H,31,32)(H3,27,28,33). The Morgan fingerprint density at radius 1 is 0.848 bits per heavy atom. The number of hydrogen-bond donors (Lipinski definition) is 3. The summed E-state index contributed by atoms with van der Waals surface area (Å²) in [6.45, 7) is 0. The Hall–Kier alpha value is -4.13. The molecule has 1 heterocycles. The van der Waals surface area contributed by atoms with Crippen LogP contribution < -0.4 is 11.1 Å². The van der Waals surface area contributed by atoms with Crippen LogP contribution in [0.2, 0.25) is 0 Å². The molecule has 2 unspecified atom stereocenters. The van der Waals surface area contributed by atoms with Crippen molar-refractivity contribution in [3.63, 3.8) is 0 Å². The molecular formula is C26H25N3O4. The highest BCUT2D eigenvalue weighted by Crippen LogP contribution is 2.44. The third-order valence-electron chi connectivity index (χ3n) is 6.01. The van der Waals surface area contributed by atoms with Crippen LogP contribution in [0.1, 0.15) is 52.0 Å². The summed E-state index contributed by atoms with van der Waals surface area (Å²) in [7, 11) is 0. The molecule has 0 aromatic heterocycles. The highest BCUT2D eigenvalue weighted by molar-refractivity contribution is 6.01. The third-order valence-corrected chi connectivity index (χ3v) is 6.01. The molecule has 0 radical (unpaired) electrons. The fourth-order valence-corrected chi connectivity index (χ4v) is 4.61. The summed E-state index contributed by atoms with van der Waals surface area (Å²) < 4.78 is 0. The molecule has 168 valence electrons. The molecule has 0 aliphatic carbocycles. The van der Waals surface area contributed by atoms with Gasteiger partial charge in [0.1, 0.15) is 0 Å².